The van der Waals surface area contributed by atoms with Crippen LogP contribution in [-0.2, 0) is 9.53 Å². The molecule has 4 rings (SSSR count). The normalized spacial score (nSPS) is 16.3. The number of fused-ring (bicyclic) bond motifs is 1. The summed E-state index contributed by atoms with van der Waals surface area (Å²) < 4.78 is 7.12. The number of methoxy groups -OCH3 is 1. The Bertz CT molecular complexity index is 1330. The van der Waals surface area contributed by atoms with Crippen LogP contribution in [0.15, 0.2) is 69.6 Å². The summed E-state index contributed by atoms with van der Waals surface area (Å²) in [5.41, 5.74) is 3.51. The molecule has 1 aliphatic rings. The van der Waals surface area contributed by atoms with Crippen LogP contribution in [0.5, 0.6) is 0 Å². The molecule has 0 bridgehead atoms. The van der Waals surface area contributed by atoms with Gasteiger partial charge in [-0.05, 0) is 43.2 Å². The van der Waals surface area contributed by atoms with Gasteiger partial charge in [0.1, 0.15) is 0 Å². The SMILES string of the molecule is COC(=O)C1=C(C)N=c2s/c(=C\c3ccc(C)cc3)c(=O)n2[C@H]1c1ccc(Cl)cc1. The molecular weight excluding hydrogens is 420 g/mol. The highest BCUT2D eigenvalue weighted by atomic mass is 35.5. The van der Waals surface area contributed by atoms with Gasteiger partial charge < -0.3 is 4.74 Å². The molecule has 2 heterocycles. The Kier molecular flexibility index (Phi) is 5.45. The maximum atomic E-state index is 13.4. The van der Waals surface area contributed by atoms with Gasteiger partial charge >= 0.3 is 5.97 Å². The molecule has 0 saturated carbocycles. The van der Waals surface area contributed by atoms with Gasteiger partial charge in [0.25, 0.3) is 5.56 Å². The van der Waals surface area contributed by atoms with Crippen LogP contribution >= 0.6 is 22.9 Å². The number of carbonyl (C=O) groups is 1. The van der Waals surface area contributed by atoms with E-state index < -0.39 is 12.0 Å². The van der Waals surface area contributed by atoms with Crippen molar-refractivity contribution in [2.45, 2.75) is 19.9 Å². The topological polar surface area (TPSA) is 60.7 Å². The highest BCUT2D eigenvalue weighted by Crippen LogP contribution is 2.31. The zero-order valence-electron chi connectivity index (χ0n) is 16.7. The molecule has 3 aromatic rings. The lowest BCUT2D eigenvalue weighted by atomic mass is 9.96. The first-order chi connectivity index (χ1) is 14.4. The van der Waals surface area contributed by atoms with E-state index in [1.165, 1.54) is 18.4 Å². The molecule has 152 valence electrons. The highest BCUT2D eigenvalue weighted by molar-refractivity contribution is 7.07. The van der Waals surface area contributed by atoms with Gasteiger partial charge in [0.15, 0.2) is 4.80 Å². The Hall–Kier alpha value is -2.96. The van der Waals surface area contributed by atoms with Crippen LogP contribution in [0.4, 0.5) is 0 Å². The number of aryl methyl sites for hydroxylation is 1. The van der Waals surface area contributed by atoms with E-state index in [9.17, 15) is 9.59 Å². The summed E-state index contributed by atoms with van der Waals surface area (Å²) in [5, 5.41) is 0.575. The number of nitrogens with zero attached hydrogens (tertiary/aromatic N) is 2. The summed E-state index contributed by atoms with van der Waals surface area (Å²) in [6, 6.07) is 14.4. The van der Waals surface area contributed by atoms with Crippen molar-refractivity contribution in [1.29, 1.82) is 0 Å². The molecule has 1 aliphatic heterocycles. The van der Waals surface area contributed by atoms with E-state index >= 15 is 0 Å². The predicted octanol–water partition coefficient (Wildman–Crippen LogP) is 3.37. The molecular formula is C23H19ClN2O3S. The van der Waals surface area contributed by atoms with Gasteiger partial charge in [-0.1, -0.05) is 64.9 Å². The van der Waals surface area contributed by atoms with E-state index in [4.69, 9.17) is 16.3 Å². The quantitative estimate of drug-likeness (QED) is 0.589. The fourth-order valence-corrected chi connectivity index (χ4v) is 4.64. The van der Waals surface area contributed by atoms with Gasteiger partial charge in [0.05, 0.1) is 29.0 Å². The standard InChI is InChI=1S/C23H19ClN2O3S/c1-13-4-6-15(7-5-13)12-18-21(27)26-20(16-8-10-17(24)11-9-16)19(22(28)29-3)14(2)25-23(26)30-18/h4-12,20H,1-3H3/b18-12-/t20-/m0/s1. The average Bonchev–Trinajstić information content (AvgIpc) is 3.03. The van der Waals surface area contributed by atoms with Crippen LogP contribution < -0.4 is 14.9 Å². The molecule has 0 N–H and O–H groups in total. The number of hydrogen-bond donors (Lipinski definition) is 0. The number of allylic oxidation sites excluding steroid dienone is 1. The van der Waals surface area contributed by atoms with Crippen molar-refractivity contribution >= 4 is 35.0 Å². The first-order valence-electron chi connectivity index (χ1n) is 9.32. The lowest BCUT2D eigenvalue weighted by Gasteiger charge is -2.24. The maximum absolute atomic E-state index is 13.4. The van der Waals surface area contributed by atoms with Crippen molar-refractivity contribution in [2.24, 2.45) is 4.99 Å². The number of aromatic nitrogens is 1. The minimum atomic E-state index is -0.633. The van der Waals surface area contributed by atoms with Crippen molar-refractivity contribution in [3.8, 4) is 0 Å². The fourth-order valence-electron chi connectivity index (χ4n) is 3.47. The summed E-state index contributed by atoms with van der Waals surface area (Å²) >= 11 is 7.35. The Morgan fingerprint density at radius 2 is 1.80 bits per heavy atom. The number of hydrogen-bond acceptors (Lipinski definition) is 5. The number of ether oxygens (including phenoxy) is 1. The first-order valence-corrected chi connectivity index (χ1v) is 10.5. The summed E-state index contributed by atoms with van der Waals surface area (Å²) in [6.07, 6.45) is 1.85. The van der Waals surface area contributed by atoms with E-state index in [2.05, 4.69) is 4.99 Å². The summed E-state index contributed by atoms with van der Waals surface area (Å²) in [4.78, 5) is 31.1. The molecule has 0 amide bonds. The van der Waals surface area contributed by atoms with Crippen LogP contribution in [0.2, 0.25) is 5.02 Å². The molecule has 0 unspecified atom stereocenters. The smallest absolute Gasteiger partial charge is 0.338 e. The first kappa shape index (κ1) is 20.3. The molecule has 1 aromatic heterocycles. The third-order valence-corrected chi connectivity index (χ3v) is 6.22. The number of halogens is 1. The minimum Gasteiger partial charge on any atom is -0.466 e. The molecule has 5 nitrogen and oxygen atoms in total. The molecule has 0 radical (unpaired) electrons. The summed E-state index contributed by atoms with van der Waals surface area (Å²) in [7, 11) is 1.32. The number of esters is 1. The largest absolute Gasteiger partial charge is 0.466 e. The maximum Gasteiger partial charge on any atom is 0.338 e. The van der Waals surface area contributed by atoms with Crippen LogP contribution in [0.3, 0.4) is 0 Å². The van der Waals surface area contributed by atoms with E-state index in [-0.39, 0.29) is 5.56 Å². The van der Waals surface area contributed by atoms with Gasteiger partial charge in [-0.25, -0.2) is 9.79 Å². The molecule has 0 fully saturated rings. The van der Waals surface area contributed by atoms with Gasteiger partial charge in [0.2, 0.25) is 0 Å². The van der Waals surface area contributed by atoms with Crippen LogP contribution in [0.1, 0.15) is 29.7 Å². The fraction of sp³-hybridized carbons (Fsp3) is 0.174. The van der Waals surface area contributed by atoms with Gasteiger partial charge in [-0.2, -0.15) is 0 Å². The van der Waals surface area contributed by atoms with Crippen LogP contribution in [-0.4, -0.2) is 17.6 Å². The molecule has 0 spiro atoms. The Balaban J connectivity index is 1.96. The number of benzene rings is 2. The molecule has 7 heteroatoms. The van der Waals surface area contributed by atoms with Crippen LogP contribution in [0.25, 0.3) is 6.08 Å². The van der Waals surface area contributed by atoms with Gasteiger partial charge in [-0.3, -0.25) is 9.36 Å². The molecule has 0 saturated heterocycles. The van der Waals surface area contributed by atoms with Crippen molar-refractivity contribution in [1.82, 2.24) is 4.57 Å². The van der Waals surface area contributed by atoms with Gasteiger partial charge in [0, 0.05) is 5.02 Å². The second-order valence-corrected chi connectivity index (χ2v) is 8.48. The van der Waals surface area contributed by atoms with E-state index in [1.54, 1.807) is 23.6 Å². The number of carbonyl (C=O) groups excluding carboxylic acids is 1. The number of thiazole rings is 1. The third kappa shape index (κ3) is 3.64. The molecule has 1 atom stereocenters. The second kappa shape index (κ2) is 8.05. The Morgan fingerprint density at radius 3 is 2.43 bits per heavy atom. The summed E-state index contributed by atoms with van der Waals surface area (Å²) in [6.45, 7) is 3.77. The van der Waals surface area contributed by atoms with Crippen LogP contribution in [0, 0.1) is 6.92 Å². The average molecular weight is 439 g/mol. The van der Waals surface area contributed by atoms with Gasteiger partial charge in [-0.15, -0.1) is 0 Å². The lowest BCUT2D eigenvalue weighted by molar-refractivity contribution is -0.136. The van der Waals surface area contributed by atoms with Crippen molar-refractivity contribution in [3.05, 3.63) is 101 Å². The van der Waals surface area contributed by atoms with E-state index in [1.807, 2.05) is 49.4 Å². The summed E-state index contributed by atoms with van der Waals surface area (Å²) in [5.74, 6) is -0.510. The highest BCUT2D eigenvalue weighted by Gasteiger charge is 2.32. The van der Waals surface area contributed by atoms with E-state index in [0.717, 1.165) is 16.7 Å². The monoisotopic (exact) mass is 438 g/mol. The molecule has 2 aromatic carbocycles. The zero-order valence-corrected chi connectivity index (χ0v) is 18.3. The van der Waals surface area contributed by atoms with Crippen molar-refractivity contribution in [2.75, 3.05) is 7.11 Å². The van der Waals surface area contributed by atoms with E-state index in [0.29, 0.717) is 25.6 Å². The Labute approximate surface area is 182 Å². The number of rotatable bonds is 3. The predicted molar refractivity (Wildman–Crippen MR) is 118 cm³/mol. The minimum absolute atomic E-state index is 0.201. The second-order valence-electron chi connectivity index (χ2n) is 7.04. The zero-order chi connectivity index (χ0) is 21.4. The third-order valence-electron chi connectivity index (χ3n) is 4.99. The molecule has 0 aliphatic carbocycles. The van der Waals surface area contributed by atoms with Crippen molar-refractivity contribution < 1.29 is 9.53 Å². The molecule has 30 heavy (non-hydrogen) atoms. The van der Waals surface area contributed by atoms with Crippen molar-refractivity contribution in [3.63, 3.8) is 0 Å². The lowest BCUT2D eigenvalue weighted by Crippen LogP contribution is -2.39. The Morgan fingerprint density at radius 1 is 1.13 bits per heavy atom.